The van der Waals surface area contributed by atoms with E-state index in [-0.39, 0.29) is 11.3 Å². The van der Waals surface area contributed by atoms with E-state index in [1.165, 1.54) is 6.07 Å². The van der Waals surface area contributed by atoms with Gasteiger partial charge in [0.2, 0.25) is 5.89 Å². The lowest BCUT2D eigenvalue weighted by atomic mass is 10.1. The number of amides is 1. The first-order valence-electron chi connectivity index (χ1n) is 10.6. The maximum Gasteiger partial charge on any atom is 0.293 e. The fourth-order valence-corrected chi connectivity index (χ4v) is 4.30. The molecular weight excluding hydrogens is 479 g/mol. The van der Waals surface area contributed by atoms with Crippen LogP contribution < -0.4 is 10.2 Å². The van der Waals surface area contributed by atoms with E-state index in [2.05, 4.69) is 10.3 Å². The summed E-state index contributed by atoms with van der Waals surface area (Å²) in [4.78, 5) is 30.5. The van der Waals surface area contributed by atoms with Crippen molar-refractivity contribution in [1.29, 1.82) is 0 Å². The molecule has 8 nitrogen and oxygen atoms in total. The highest BCUT2D eigenvalue weighted by atomic mass is 35.5. The zero-order chi connectivity index (χ0) is 23.8. The number of nitro groups is 1. The van der Waals surface area contributed by atoms with Crippen molar-refractivity contribution in [1.82, 2.24) is 4.98 Å². The molecule has 3 aromatic carbocycles. The molecule has 0 spiro atoms. The van der Waals surface area contributed by atoms with Gasteiger partial charge in [0.15, 0.2) is 5.58 Å². The highest BCUT2D eigenvalue weighted by Crippen LogP contribution is 2.33. The molecular formula is C24H18Cl2N4O4. The molecule has 1 N–H and O–H groups in total. The maximum atomic E-state index is 12.8. The van der Waals surface area contributed by atoms with Crippen molar-refractivity contribution in [2.75, 3.05) is 23.3 Å². The number of nitro benzene ring substituents is 1. The van der Waals surface area contributed by atoms with E-state index < -0.39 is 10.8 Å². The monoisotopic (exact) mass is 496 g/mol. The van der Waals surface area contributed by atoms with Crippen molar-refractivity contribution < 1.29 is 14.1 Å². The summed E-state index contributed by atoms with van der Waals surface area (Å²) in [5, 5.41) is 15.2. The number of benzene rings is 3. The molecule has 1 saturated heterocycles. The minimum absolute atomic E-state index is 0.0761. The van der Waals surface area contributed by atoms with Crippen molar-refractivity contribution in [3.8, 4) is 11.5 Å². The van der Waals surface area contributed by atoms with Crippen molar-refractivity contribution in [2.24, 2.45) is 0 Å². The van der Waals surface area contributed by atoms with Gasteiger partial charge in [0.1, 0.15) is 11.2 Å². The van der Waals surface area contributed by atoms with Crippen molar-refractivity contribution in [2.45, 2.75) is 12.8 Å². The lowest BCUT2D eigenvalue weighted by Gasteiger charge is -2.17. The highest BCUT2D eigenvalue weighted by molar-refractivity contribution is 6.42. The van der Waals surface area contributed by atoms with Crippen LogP contribution in [0.5, 0.6) is 0 Å². The average Bonchev–Trinajstić information content (AvgIpc) is 3.50. The Morgan fingerprint density at radius 3 is 2.56 bits per heavy atom. The lowest BCUT2D eigenvalue weighted by Crippen LogP contribution is -2.19. The zero-order valence-corrected chi connectivity index (χ0v) is 19.3. The van der Waals surface area contributed by atoms with Crippen molar-refractivity contribution >= 4 is 57.3 Å². The molecule has 10 heteroatoms. The van der Waals surface area contributed by atoms with Gasteiger partial charge in [0, 0.05) is 36.0 Å². The van der Waals surface area contributed by atoms with Gasteiger partial charge in [-0.2, -0.15) is 0 Å². The number of hydrogen-bond donors (Lipinski definition) is 1. The van der Waals surface area contributed by atoms with E-state index in [1.807, 2.05) is 4.90 Å². The van der Waals surface area contributed by atoms with Crippen molar-refractivity contribution in [3.63, 3.8) is 0 Å². The molecule has 1 fully saturated rings. The summed E-state index contributed by atoms with van der Waals surface area (Å²) in [5.41, 5.74) is 2.88. The third-order valence-corrected chi connectivity index (χ3v) is 6.43. The quantitative estimate of drug-likeness (QED) is 0.248. The first-order chi connectivity index (χ1) is 16.4. The van der Waals surface area contributed by atoms with Gasteiger partial charge >= 0.3 is 0 Å². The Balaban J connectivity index is 1.39. The van der Waals surface area contributed by atoms with Gasteiger partial charge in [-0.15, -0.1) is 0 Å². The van der Waals surface area contributed by atoms with Crippen LogP contribution >= 0.6 is 23.2 Å². The number of anilines is 2. The number of carbonyl (C=O) groups is 1. The molecule has 1 amide bonds. The summed E-state index contributed by atoms with van der Waals surface area (Å²) < 4.78 is 5.79. The van der Waals surface area contributed by atoms with Crippen LogP contribution in [0.15, 0.2) is 59.0 Å². The summed E-state index contributed by atoms with van der Waals surface area (Å²) in [5.74, 6) is -0.0891. The number of nitrogens with zero attached hydrogens (tertiary/aromatic N) is 3. The molecule has 1 aromatic heterocycles. The Hall–Kier alpha value is -3.62. The second-order valence-electron chi connectivity index (χ2n) is 7.94. The molecule has 1 aliphatic rings. The summed E-state index contributed by atoms with van der Waals surface area (Å²) in [6, 6.07) is 14.7. The Bertz CT molecular complexity index is 1430. The van der Waals surface area contributed by atoms with Crippen LogP contribution in [-0.2, 0) is 0 Å². The average molecular weight is 497 g/mol. The molecule has 4 aromatic rings. The fraction of sp³-hybridized carbons (Fsp3) is 0.167. The second-order valence-corrected chi connectivity index (χ2v) is 8.75. The molecule has 0 unspecified atom stereocenters. The number of fused-ring (bicyclic) bond motifs is 1. The topological polar surface area (TPSA) is 102 Å². The van der Waals surface area contributed by atoms with Crippen LogP contribution in [0.3, 0.4) is 0 Å². The van der Waals surface area contributed by atoms with E-state index in [9.17, 15) is 14.9 Å². The van der Waals surface area contributed by atoms with E-state index in [0.717, 1.165) is 25.9 Å². The summed E-state index contributed by atoms with van der Waals surface area (Å²) in [6.07, 6.45) is 1.99. The molecule has 0 aliphatic carbocycles. The number of carbonyl (C=O) groups excluding carboxylic acids is 1. The molecule has 0 radical (unpaired) electrons. The fourth-order valence-electron chi connectivity index (χ4n) is 4.00. The molecule has 0 atom stereocenters. The van der Waals surface area contributed by atoms with Gasteiger partial charge in [-0.1, -0.05) is 23.2 Å². The van der Waals surface area contributed by atoms with Crippen molar-refractivity contribution in [3.05, 3.63) is 80.3 Å². The summed E-state index contributed by atoms with van der Waals surface area (Å²) >= 11 is 12.1. The highest BCUT2D eigenvalue weighted by Gasteiger charge is 2.24. The van der Waals surface area contributed by atoms with E-state index >= 15 is 0 Å². The predicted molar refractivity (Wildman–Crippen MR) is 132 cm³/mol. The van der Waals surface area contributed by atoms with Gasteiger partial charge in [-0.25, -0.2) is 4.98 Å². The number of oxazole rings is 1. The van der Waals surface area contributed by atoms with E-state index in [0.29, 0.717) is 44.0 Å². The normalized spacial score (nSPS) is 13.4. The van der Waals surface area contributed by atoms with Crippen LogP contribution in [-0.4, -0.2) is 28.9 Å². The molecule has 2 heterocycles. The smallest absolute Gasteiger partial charge is 0.293 e. The van der Waals surface area contributed by atoms with Gasteiger partial charge in [-0.3, -0.25) is 14.9 Å². The van der Waals surface area contributed by atoms with Gasteiger partial charge in [0.25, 0.3) is 11.6 Å². The van der Waals surface area contributed by atoms with E-state index in [1.54, 1.807) is 48.5 Å². The number of nitrogens with one attached hydrogen (secondary N) is 1. The lowest BCUT2D eigenvalue weighted by molar-refractivity contribution is -0.384. The summed E-state index contributed by atoms with van der Waals surface area (Å²) in [6.45, 7) is 1.54. The largest absolute Gasteiger partial charge is 0.436 e. The standard InChI is InChI=1S/C24H18Cl2N4O4/c25-17-6-3-15(11-18(17)26)24-28-19-13-16(5-8-22(19)34-24)27-23(31)14-4-7-20(21(12-14)30(32)33)29-9-1-2-10-29/h3-8,11-13H,1-2,9-10H2,(H,27,31). The SMILES string of the molecule is O=C(Nc1ccc2oc(-c3ccc(Cl)c(Cl)c3)nc2c1)c1ccc(N2CCCC2)c([N+](=O)[O-])c1. The van der Waals surface area contributed by atoms with Gasteiger partial charge in [0.05, 0.1) is 15.0 Å². The number of rotatable bonds is 5. The van der Waals surface area contributed by atoms with Crippen LogP contribution in [0.25, 0.3) is 22.6 Å². The summed E-state index contributed by atoms with van der Waals surface area (Å²) in [7, 11) is 0. The zero-order valence-electron chi connectivity index (χ0n) is 17.8. The van der Waals surface area contributed by atoms with Crippen LogP contribution in [0, 0.1) is 10.1 Å². The minimum atomic E-state index is -0.455. The Labute approximate surface area is 204 Å². The van der Waals surface area contributed by atoms with Crippen LogP contribution in [0.1, 0.15) is 23.2 Å². The van der Waals surface area contributed by atoms with Crippen LogP contribution in [0.2, 0.25) is 10.0 Å². The number of aromatic nitrogens is 1. The maximum absolute atomic E-state index is 12.8. The van der Waals surface area contributed by atoms with Crippen LogP contribution in [0.4, 0.5) is 17.1 Å². The second kappa shape index (κ2) is 8.96. The molecule has 1 aliphatic heterocycles. The number of hydrogen-bond acceptors (Lipinski definition) is 6. The van der Waals surface area contributed by atoms with E-state index in [4.69, 9.17) is 27.6 Å². The first kappa shape index (κ1) is 22.2. The van der Waals surface area contributed by atoms with Gasteiger partial charge < -0.3 is 14.6 Å². The number of halogens is 2. The predicted octanol–water partition coefficient (Wildman–Crippen LogP) is 6.56. The molecule has 34 heavy (non-hydrogen) atoms. The molecule has 0 bridgehead atoms. The third-order valence-electron chi connectivity index (χ3n) is 5.69. The molecule has 172 valence electrons. The Morgan fingerprint density at radius 2 is 1.82 bits per heavy atom. The Morgan fingerprint density at radius 1 is 1.03 bits per heavy atom. The third kappa shape index (κ3) is 4.30. The molecule has 0 saturated carbocycles. The molecule has 5 rings (SSSR count). The van der Waals surface area contributed by atoms with Gasteiger partial charge in [-0.05, 0) is 61.4 Å². The first-order valence-corrected chi connectivity index (χ1v) is 11.4. The Kier molecular flexibility index (Phi) is 5.85. The minimum Gasteiger partial charge on any atom is -0.436 e.